The monoisotopic (exact) mass is 398 g/mol. The van der Waals surface area contributed by atoms with Gasteiger partial charge in [0.05, 0.1) is 4.90 Å². The zero-order valence-electron chi connectivity index (χ0n) is 16.2. The van der Waals surface area contributed by atoms with Gasteiger partial charge in [0.1, 0.15) is 11.6 Å². The van der Waals surface area contributed by atoms with Gasteiger partial charge in [-0.05, 0) is 45.2 Å². The van der Waals surface area contributed by atoms with E-state index in [2.05, 4.69) is 10.0 Å². The molecule has 27 heavy (non-hydrogen) atoms. The third-order valence-corrected chi connectivity index (χ3v) is 4.53. The van der Waals surface area contributed by atoms with Crippen molar-refractivity contribution in [1.29, 1.82) is 0 Å². The molecule has 0 saturated heterocycles. The Morgan fingerprint density at radius 3 is 2.52 bits per heavy atom. The lowest BCUT2D eigenvalue weighted by atomic mass is 10.0. The van der Waals surface area contributed by atoms with E-state index in [1.165, 1.54) is 0 Å². The van der Waals surface area contributed by atoms with Gasteiger partial charge in [-0.25, -0.2) is 9.00 Å². The number of carbonyl (C=O) groups excluding carboxylic acids is 2. The molecule has 0 radical (unpaired) electrons. The fourth-order valence-corrected chi connectivity index (χ4v) is 3.21. The van der Waals surface area contributed by atoms with Crippen molar-refractivity contribution >= 4 is 23.0 Å². The largest absolute Gasteiger partial charge is 0.454 e. The Morgan fingerprint density at radius 2 is 1.89 bits per heavy atom. The topological polar surface area (TPSA) is 103 Å². The Bertz CT molecular complexity index is 729. The van der Waals surface area contributed by atoms with E-state index in [0.29, 0.717) is 22.8 Å². The van der Waals surface area contributed by atoms with Crippen molar-refractivity contribution in [2.45, 2.75) is 57.6 Å². The van der Waals surface area contributed by atoms with Crippen LogP contribution >= 0.6 is 0 Å². The van der Waals surface area contributed by atoms with E-state index in [-0.39, 0.29) is 12.7 Å². The molecule has 2 N–H and O–H groups in total. The Kier molecular flexibility index (Phi) is 6.69. The molecule has 0 spiro atoms. The van der Waals surface area contributed by atoms with Gasteiger partial charge >= 0.3 is 6.09 Å². The van der Waals surface area contributed by atoms with Crippen molar-refractivity contribution in [2.75, 3.05) is 6.79 Å². The van der Waals surface area contributed by atoms with Crippen LogP contribution in [0.2, 0.25) is 0 Å². The maximum Gasteiger partial charge on any atom is 0.408 e. The summed E-state index contributed by atoms with van der Waals surface area (Å²) in [5, 5.41) is 2.55. The highest BCUT2D eigenvalue weighted by Gasteiger charge is 2.27. The summed E-state index contributed by atoms with van der Waals surface area (Å²) in [6.45, 7) is 9.15. The lowest BCUT2D eigenvalue weighted by molar-refractivity contribution is -0.121. The van der Waals surface area contributed by atoms with Gasteiger partial charge in [-0.2, -0.15) is 0 Å². The normalized spacial score (nSPS) is 15.2. The summed E-state index contributed by atoms with van der Waals surface area (Å²) >= 11 is 0. The summed E-state index contributed by atoms with van der Waals surface area (Å²) in [6, 6.07) is 3.91. The number of carbonyl (C=O) groups is 2. The number of fused-ring (bicyclic) bond motifs is 1. The van der Waals surface area contributed by atoms with Crippen LogP contribution in [0.4, 0.5) is 4.79 Å². The van der Waals surface area contributed by atoms with E-state index in [4.69, 9.17) is 14.2 Å². The molecule has 150 valence electrons. The second-order valence-electron chi connectivity index (χ2n) is 7.58. The number of benzene rings is 1. The number of rotatable bonds is 6. The Hall–Kier alpha value is -2.29. The summed E-state index contributed by atoms with van der Waals surface area (Å²) < 4.78 is 30.6. The number of ether oxygens (including phenoxy) is 3. The van der Waals surface area contributed by atoms with Gasteiger partial charge < -0.3 is 19.5 Å². The van der Waals surface area contributed by atoms with Crippen LogP contribution in [0.15, 0.2) is 23.1 Å². The summed E-state index contributed by atoms with van der Waals surface area (Å²) in [4.78, 5) is 25.0. The molecule has 2 amide bonds. The number of amides is 2. The second-order valence-corrected chi connectivity index (χ2v) is 8.79. The number of alkyl carbamates (subject to hydrolysis) is 1. The van der Waals surface area contributed by atoms with Crippen LogP contribution in [-0.4, -0.2) is 34.6 Å². The van der Waals surface area contributed by atoms with Crippen molar-refractivity contribution in [3.05, 3.63) is 18.2 Å². The van der Waals surface area contributed by atoms with E-state index in [0.717, 1.165) is 0 Å². The SMILES string of the molecule is CC(C)C[C@H](NC(=O)OC(C)(C)C)C(=O)NS(=O)c1ccc2c(c1)OCO2. The van der Waals surface area contributed by atoms with E-state index in [1.807, 2.05) is 13.8 Å². The van der Waals surface area contributed by atoms with Gasteiger partial charge in [-0.1, -0.05) is 13.8 Å². The lowest BCUT2D eigenvalue weighted by Gasteiger charge is -2.24. The minimum absolute atomic E-state index is 0.105. The van der Waals surface area contributed by atoms with Gasteiger partial charge in [-0.3, -0.25) is 9.52 Å². The maximum absolute atomic E-state index is 12.6. The molecule has 2 atom stereocenters. The molecule has 0 aliphatic carbocycles. The summed E-state index contributed by atoms with van der Waals surface area (Å²) in [5.74, 6) is 0.618. The van der Waals surface area contributed by atoms with Crippen LogP contribution in [-0.2, 0) is 20.5 Å². The van der Waals surface area contributed by atoms with Crippen molar-refractivity contribution in [3.63, 3.8) is 0 Å². The average molecular weight is 398 g/mol. The number of hydrogen-bond acceptors (Lipinski definition) is 6. The fraction of sp³-hybridized carbons (Fsp3) is 0.556. The minimum Gasteiger partial charge on any atom is -0.454 e. The Balaban J connectivity index is 2.03. The van der Waals surface area contributed by atoms with Crippen LogP contribution in [0.25, 0.3) is 0 Å². The van der Waals surface area contributed by atoms with Gasteiger partial charge in [-0.15, -0.1) is 0 Å². The summed E-state index contributed by atoms with van der Waals surface area (Å²) in [7, 11) is -1.80. The molecule has 1 heterocycles. The molecule has 1 unspecified atom stereocenters. The molecule has 1 aliphatic heterocycles. The highest BCUT2D eigenvalue weighted by Crippen LogP contribution is 2.33. The third kappa shape index (κ3) is 6.42. The number of nitrogens with one attached hydrogen (secondary N) is 2. The van der Waals surface area contributed by atoms with Gasteiger partial charge in [0.25, 0.3) is 5.91 Å². The molecule has 2 rings (SSSR count). The summed E-state index contributed by atoms with van der Waals surface area (Å²) in [5.41, 5.74) is -0.682. The van der Waals surface area contributed by atoms with E-state index in [1.54, 1.807) is 39.0 Å². The van der Waals surface area contributed by atoms with Gasteiger partial charge in [0.2, 0.25) is 6.79 Å². The summed E-state index contributed by atoms with van der Waals surface area (Å²) in [6.07, 6.45) is -0.319. The quantitative estimate of drug-likeness (QED) is 0.763. The average Bonchev–Trinajstić information content (AvgIpc) is 2.99. The number of hydrogen-bond donors (Lipinski definition) is 2. The molecule has 0 fully saturated rings. The zero-order valence-corrected chi connectivity index (χ0v) is 17.0. The first-order chi connectivity index (χ1) is 12.5. The third-order valence-electron chi connectivity index (χ3n) is 3.47. The van der Waals surface area contributed by atoms with Crippen LogP contribution in [0.1, 0.15) is 41.0 Å². The Labute approximate surface area is 161 Å². The molecule has 0 aromatic heterocycles. The molecule has 1 aliphatic rings. The van der Waals surface area contributed by atoms with Crippen molar-refractivity contribution in [3.8, 4) is 11.5 Å². The first-order valence-electron chi connectivity index (χ1n) is 8.66. The van der Waals surface area contributed by atoms with Crippen molar-refractivity contribution in [1.82, 2.24) is 10.0 Å². The molecular weight excluding hydrogens is 372 g/mol. The first-order valence-corrected chi connectivity index (χ1v) is 9.81. The molecule has 8 nitrogen and oxygen atoms in total. The van der Waals surface area contributed by atoms with Crippen LogP contribution in [0.5, 0.6) is 11.5 Å². The fourth-order valence-electron chi connectivity index (χ4n) is 2.37. The molecule has 1 aromatic carbocycles. The van der Waals surface area contributed by atoms with E-state index < -0.39 is 34.6 Å². The van der Waals surface area contributed by atoms with Crippen LogP contribution in [0, 0.1) is 5.92 Å². The highest BCUT2D eigenvalue weighted by molar-refractivity contribution is 7.83. The molecule has 9 heteroatoms. The van der Waals surface area contributed by atoms with Crippen LogP contribution in [0.3, 0.4) is 0 Å². The molecule has 1 aromatic rings. The second kappa shape index (κ2) is 8.60. The van der Waals surface area contributed by atoms with E-state index >= 15 is 0 Å². The standard InChI is InChI=1S/C18H26N2O6S/c1-11(2)8-13(19-17(22)26-18(3,4)5)16(21)20-27(23)12-6-7-14-15(9-12)25-10-24-14/h6-7,9,11,13H,8,10H2,1-5H3,(H,19,22)(H,20,21)/t13-,27?/m0/s1. The minimum atomic E-state index is -1.80. The Morgan fingerprint density at radius 1 is 1.22 bits per heavy atom. The van der Waals surface area contributed by atoms with Gasteiger partial charge in [0, 0.05) is 6.07 Å². The van der Waals surface area contributed by atoms with Crippen LogP contribution < -0.4 is 19.5 Å². The molecule has 0 bridgehead atoms. The van der Waals surface area contributed by atoms with E-state index in [9.17, 15) is 13.8 Å². The lowest BCUT2D eigenvalue weighted by Crippen LogP contribution is -2.49. The predicted octanol–water partition coefficient (Wildman–Crippen LogP) is 2.49. The van der Waals surface area contributed by atoms with Crippen molar-refractivity contribution < 1.29 is 28.0 Å². The molecular formula is C18H26N2O6S. The molecule has 0 saturated carbocycles. The maximum atomic E-state index is 12.6. The first kappa shape index (κ1) is 21.0. The van der Waals surface area contributed by atoms with Crippen molar-refractivity contribution in [2.24, 2.45) is 5.92 Å². The van der Waals surface area contributed by atoms with Gasteiger partial charge in [0.15, 0.2) is 22.5 Å². The smallest absolute Gasteiger partial charge is 0.408 e. The zero-order chi connectivity index (χ0) is 20.2. The predicted molar refractivity (Wildman–Crippen MR) is 99.7 cm³/mol. The highest BCUT2D eigenvalue weighted by atomic mass is 32.2.